The maximum absolute atomic E-state index is 4.49. The molecule has 0 radical (unpaired) electrons. The fourth-order valence-corrected chi connectivity index (χ4v) is 2.98. The van der Waals surface area contributed by atoms with E-state index >= 15 is 0 Å². The van der Waals surface area contributed by atoms with Crippen molar-refractivity contribution in [3.63, 3.8) is 0 Å². The SMILES string of the molecule is CCCn1cccc1CNC(C)c1ncc(CC)s1. The van der Waals surface area contributed by atoms with E-state index in [1.54, 1.807) is 0 Å². The van der Waals surface area contributed by atoms with Gasteiger partial charge in [-0.3, -0.25) is 0 Å². The van der Waals surface area contributed by atoms with Gasteiger partial charge in [-0.05, 0) is 31.9 Å². The quantitative estimate of drug-likeness (QED) is 0.835. The summed E-state index contributed by atoms with van der Waals surface area (Å²) in [5.74, 6) is 0. The maximum atomic E-state index is 4.49. The van der Waals surface area contributed by atoms with E-state index in [0.29, 0.717) is 6.04 Å². The van der Waals surface area contributed by atoms with Crippen LogP contribution in [-0.4, -0.2) is 9.55 Å². The zero-order valence-corrected chi connectivity index (χ0v) is 12.8. The van der Waals surface area contributed by atoms with Crippen molar-refractivity contribution in [2.75, 3.05) is 0 Å². The molecular formula is C15H23N3S. The molecule has 0 aliphatic carbocycles. The number of hydrogen-bond donors (Lipinski definition) is 1. The van der Waals surface area contributed by atoms with Gasteiger partial charge < -0.3 is 9.88 Å². The molecule has 1 atom stereocenters. The van der Waals surface area contributed by atoms with Crippen LogP contribution in [0.1, 0.15) is 48.8 Å². The summed E-state index contributed by atoms with van der Waals surface area (Å²) in [6.45, 7) is 8.56. The summed E-state index contributed by atoms with van der Waals surface area (Å²) in [4.78, 5) is 5.85. The minimum atomic E-state index is 0.315. The fraction of sp³-hybridized carbons (Fsp3) is 0.533. The molecule has 2 aromatic heterocycles. The fourth-order valence-electron chi connectivity index (χ4n) is 2.10. The van der Waals surface area contributed by atoms with Gasteiger partial charge in [0, 0.05) is 36.1 Å². The molecule has 0 aromatic carbocycles. The molecule has 19 heavy (non-hydrogen) atoms. The lowest BCUT2D eigenvalue weighted by molar-refractivity contribution is 0.540. The number of nitrogens with zero attached hydrogens (tertiary/aromatic N) is 2. The van der Waals surface area contributed by atoms with Crippen LogP contribution in [0.5, 0.6) is 0 Å². The van der Waals surface area contributed by atoms with Crippen molar-refractivity contribution in [2.24, 2.45) is 0 Å². The highest BCUT2D eigenvalue weighted by Gasteiger charge is 2.10. The minimum absolute atomic E-state index is 0.315. The number of nitrogens with one attached hydrogen (secondary N) is 1. The highest BCUT2D eigenvalue weighted by Crippen LogP contribution is 2.20. The van der Waals surface area contributed by atoms with Gasteiger partial charge in [0.05, 0.1) is 6.04 Å². The molecule has 0 spiro atoms. The first-order chi connectivity index (χ1) is 9.24. The van der Waals surface area contributed by atoms with E-state index in [2.05, 4.69) is 54.0 Å². The monoisotopic (exact) mass is 277 g/mol. The highest BCUT2D eigenvalue weighted by molar-refractivity contribution is 7.11. The summed E-state index contributed by atoms with van der Waals surface area (Å²) in [6.07, 6.45) is 6.40. The van der Waals surface area contributed by atoms with Gasteiger partial charge in [0.25, 0.3) is 0 Å². The lowest BCUT2D eigenvalue weighted by Crippen LogP contribution is -2.19. The molecule has 2 rings (SSSR count). The van der Waals surface area contributed by atoms with Crippen molar-refractivity contribution in [2.45, 2.75) is 52.7 Å². The molecule has 3 nitrogen and oxygen atoms in total. The first-order valence-corrected chi connectivity index (χ1v) is 7.88. The van der Waals surface area contributed by atoms with Crippen LogP contribution in [0.2, 0.25) is 0 Å². The Hall–Kier alpha value is -1.13. The van der Waals surface area contributed by atoms with Crippen molar-refractivity contribution in [3.05, 3.63) is 40.1 Å². The van der Waals surface area contributed by atoms with Gasteiger partial charge in [-0.15, -0.1) is 11.3 Å². The van der Waals surface area contributed by atoms with E-state index in [1.165, 1.54) is 22.0 Å². The molecule has 0 saturated heterocycles. The average Bonchev–Trinajstić information content (AvgIpc) is 3.05. The molecule has 0 amide bonds. The Morgan fingerprint density at radius 3 is 2.95 bits per heavy atom. The maximum Gasteiger partial charge on any atom is 0.109 e. The summed E-state index contributed by atoms with van der Waals surface area (Å²) < 4.78 is 2.32. The summed E-state index contributed by atoms with van der Waals surface area (Å²) in [5, 5.41) is 4.75. The zero-order valence-electron chi connectivity index (χ0n) is 12.0. The molecule has 0 saturated carbocycles. The van der Waals surface area contributed by atoms with Gasteiger partial charge in [-0.1, -0.05) is 13.8 Å². The van der Waals surface area contributed by atoms with E-state index in [1.807, 2.05) is 17.5 Å². The predicted molar refractivity (Wildman–Crippen MR) is 81.5 cm³/mol. The lowest BCUT2D eigenvalue weighted by atomic mass is 10.3. The summed E-state index contributed by atoms with van der Waals surface area (Å²) in [6, 6.07) is 4.63. The molecule has 0 aliphatic heterocycles. The third-order valence-electron chi connectivity index (χ3n) is 3.27. The van der Waals surface area contributed by atoms with E-state index in [9.17, 15) is 0 Å². The third kappa shape index (κ3) is 3.67. The van der Waals surface area contributed by atoms with Crippen molar-refractivity contribution >= 4 is 11.3 Å². The third-order valence-corrected chi connectivity index (χ3v) is 4.59. The predicted octanol–water partition coefficient (Wildman–Crippen LogP) is 3.77. The molecule has 4 heteroatoms. The van der Waals surface area contributed by atoms with Crippen molar-refractivity contribution in [1.29, 1.82) is 0 Å². The number of aromatic nitrogens is 2. The molecule has 2 aromatic rings. The van der Waals surface area contributed by atoms with Gasteiger partial charge in [-0.2, -0.15) is 0 Å². The number of aryl methyl sites for hydroxylation is 2. The lowest BCUT2D eigenvalue weighted by Gasteiger charge is -2.13. The molecular weight excluding hydrogens is 254 g/mol. The molecule has 2 heterocycles. The summed E-state index contributed by atoms with van der Waals surface area (Å²) >= 11 is 1.81. The van der Waals surface area contributed by atoms with E-state index in [-0.39, 0.29) is 0 Å². The van der Waals surface area contributed by atoms with Gasteiger partial charge in [-0.25, -0.2) is 4.98 Å². The van der Waals surface area contributed by atoms with Crippen LogP contribution < -0.4 is 5.32 Å². The molecule has 0 bridgehead atoms. The Labute approximate surface area is 119 Å². The van der Waals surface area contributed by atoms with Crippen LogP contribution in [0, 0.1) is 0 Å². The Bertz CT molecular complexity index is 501. The van der Waals surface area contributed by atoms with Crippen LogP contribution in [0.15, 0.2) is 24.5 Å². The average molecular weight is 277 g/mol. The van der Waals surface area contributed by atoms with Crippen LogP contribution in [0.4, 0.5) is 0 Å². The second-order valence-corrected chi connectivity index (χ2v) is 5.96. The van der Waals surface area contributed by atoms with E-state index in [4.69, 9.17) is 0 Å². The van der Waals surface area contributed by atoms with Crippen molar-refractivity contribution in [1.82, 2.24) is 14.9 Å². The topological polar surface area (TPSA) is 29.9 Å². The molecule has 104 valence electrons. The van der Waals surface area contributed by atoms with Crippen molar-refractivity contribution < 1.29 is 0 Å². The van der Waals surface area contributed by atoms with E-state index in [0.717, 1.165) is 19.5 Å². The zero-order chi connectivity index (χ0) is 13.7. The Morgan fingerprint density at radius 2 is 2.26 bits per heavy atom. The van der Waals surface area contributed by atoms with Crippen molar-refractivity contribution in [3.8, 4) is 0 Å². The Balaban J connectivity index is 1.92. The standard InChI is InChI=1S/C15H23N3S/c1-4-8-18-9-6-7-13(18)10-16-12(3)15-17-11-14(5-2)19-15/h6-7,9,11-12,16H,4-5,8,10H2,1-3H3. The van der Waals surface area contributed by atoms with Gasteiger partial charge in [0.1, 0.15) is 5.01 Å². The van der Waals surface area contributed by atoms with Crippen LogP contribution >= 0.6 is 11.3 Å². The second-order valence-electron chi connectivity index (χ2n) is 4.81. The van der Waals surface area contributed by atoms with Crippen LogP contribution in [0.3, 0.4) is 0 Å². The van der Waals surface area contributed by atoms with Crippen LogP contribution in [0.25, 0.3) is 0 Å². The van der Waals surface area contributed by atoms with Crippen LogP contribution in [-0.2, 0) is 19.5 Å². The first-order valence-electron chi connectivity index (χ1n) is 7.06. The first kappa shape index (κ1) is 14.3. The number of hydrogen-bond acceptors (Lipinski definition) is 3. The van der Waals surface area contributed by atoms with Gasteiger partial charge >= 0.3 is 0 Å². The minimum Gasteiger partial charge on any atom is -0.350 e. The highest BCUT2D eigenvalue weighted by atomic mass is 32.1. The van der Waals surface area contributed by atoms with Gasteiger partial charge in [0.2, 0.25) is 0 Å². The van der Waals surface area contributed by atoms with E-state index < -0.39 is 0 Å². The Kier molecular flexibility index (Phi) is 5.16. The summed E-state index contributed by atoms with van der Waals surface area (Å²) in [7, 11) is 0. The largest absolute Gasteiger partial charge is 0.350 e. The number of thiazole rings is 1. The Morgan fingerprint density at radius 1 is 1.42 bits per heavy atom. The molecule has 0 fully saturated rings. The molecule has 0 aliphatic rings. The molecule has 1 unspecified atom stereocenters. The normalized spacial score (nSPS) is 12.8. The molecule has 1 N–H and O–H groups in total. The van der Waals surface area contributed by atoms with Gasteiger partial charge in [0.15, 0.2) is 0 Å². The second kappa shape index (κ2) is 6.87. The summed E-state index contributed by atoms with van der Waals surface area (Å²) in [5.41, 5.74) is 1.35. The smallest absolute Gasteiger partial charge is 0.109 e. The number of rotatable bonds is 7.